The maximum atomic E-state index is 12.0. The van der Waals surface area contributed by atoms with E-state index in [2.05, 4.69) is 16.7 Å². The maximum absolute atomic E-state index is 12.0. The number of piperidine rings is 2. The Kier molecular flexibility index (Phi) is 6.97. The Morgan fingerprint density at radius 3 is 2.57 bits per heavy atom. The Morgan fingerprint density at radius 1 is 1.14 bits per heavy atom. The van der Waals surface area contributed by atoms with Crippen LogP contribution in [0.3, 0.4) is 0 Å². The van der Waals surface area contributed by atoms with E-state index < -0.39 is 0 Å². The molecule has 0 bridgehead atoms. The van der Waals surface area contributed by atoms with E-state index >= 15 is 0 Å². The van der Waals surface area contributed by atoms with Crippen molar-refractivity contribution >= 4 is 5.91 Å². The second kappa shape index (κ2) is 8.74. The van der Waals surface area contributed by atoms with Gasteiger partial charge in [-0.25, -0.2) is 0 Å². The zero-order chi connectivity index (χ0) is 15.1. The summed E-state index contributed by atoms with van der Waals surface area (Å²) in [6.07, 6.45) is 9.15. The number of hydrogen-bond donors (Lipinski definition) is 0. The van der Waals surface area contributed by atoms with E-state index in [1.807, 2.05) is 0 Å². The number of carbonyl (C=O) groups excluding carboxylic acids is 1. The van der Waals surface area contributed by atoms with Gasteiger partial charge in [0.15, 0.2) is 0 Å². The van der Waals surface area contributed by atoms with Crippen molar-refractivity contribution in [1.82, 2.24) is 9.80 Å². The van der Waals surface area contributed by atoms with E-state index in [0.29, 0.717) is 24.4 Å². The first-order chi connectivity index (χ1) is 10.3. The van der Waals surface area contributed by atoms with E-state index in [4.69, 9.17) is 4.74 Å². The number of amides is 1. The van der Waals surface area contributed by atoms with Gasteiger partial charge >= 0.3 is 0 Å². The fraction of sp³-hybridized carbons (Fsp3) is 0.941. The average Bonchev–Trinajstić information content (AvgIpc) is 2.53. The molecule has 0 aromatic rings. The smallest absolute Gasteiger partial charge is 0.222 e. The molecule has 0 spiro atoms. The molecule has 0 aromatic carbocycles. The van der Waals surface area contributed by atoms with Gasteiger partial charge < -0.3 is 9.64 Å². The van der Waals surface area contributed by atoms with E-state index in [0.717, 1.165) is 45.4 Å². The summed E-state index contributed by atoms with van der Waals surface area (Å²) in [6.45, 7) is 6.10. The standard InChI is InChI=1S/C17H32N2O2/c1-3-6-17(20)18-12-8-16(9-13-18)19-11-5-4-7-15(19)10-14-21-2/h15-16H,3-14H2,1-2H3/t15-/m0/s1. The minimum absolute atomic E-state index is 0.352. The molecule has 122 valence electrons. The van der Waals surface area contributed by atoms with Gasteiger partial charge in [-0.05, 0) is 45.1 Å². The Labute approximate surface area is 129 Å². The second-order valence-corrected chi connectivity index (χ2v) is 6.53. The Hall–Kier alpha value is -0.610. The molecule has 2 heterocycles. The predicted octanol–water partition coefficient (Wildman–Crippen LogP) is 2.67. The highest BCUT2D eigenvalue weighted by molar-refractivity contribution is 5.76. The number of nitrogens with zero attached hydrogens (tertiary/aromatic N) is 2. The largest absolute Gasteiger partial charge is 0.385 e. The molecule has 0 N–H and O–H groups in total. The molecule has 2 fully saturated rings. The van der Waals surface area contributed by atoms with Crippen LogP contribution in [0.1, 0.15) is 58.3 Å². The Morgan fingerprint density at radius 2 is 1.90 bits per heavy atom. The summed E-state index contributed by atoms with van der Waals surface area (Å²) in [5, 5.41) is 0. The first kappa shape index (κ1) is 16.8. The second-order valence-electron chi connectivity index (χ2n) is 6.53. The summed E-state index contributed by atoms with van der Waals surface area (Å²) < 4.78 is 5.28. The lowest BCUT2D eigenvalue weighted by atomic mass is 9.93. The molecule has 2 aliphatic heterocycles. The van der Waals surface area contributed by atoms with Crippen LogP contribution in [-0.2, 0) is 9.53 Å². The summed E-state index contributed by atoms with van der Waals surface area (Å²) in [4.78, 5) is 16.8. The molecule has 21 heavy (non-hydrogen) atoms. The number of carbonyl (C=O) groups is 1. The monoisotopic (exact) mass is 296 g/mol. The van der Waals surface area contributed by atoms with Gasteiger partial charge in [0, 0.05) is 45.3 Å². The first-order valence-corrected chi connectivity index (χ1v) is 8.78. The van der Waals surface area contributed by atoms with Crippen LogP contribution in [-0.4, -0.2) is 61.1 Å². The molecule has 0 unspecified atom stereocenters. The lowest BCUT2D eigenvalue weighted by Gasteiger charge is -2.44. The quantitative estimate of drug-likeness (QED) is 0.755. The van der Waals surface area contributed by atoms with Gasteiger partial charge in [-0.3, -0.25) is 9.69 Å². The van der Waals surface area contributed by atoms with Gasteiger partial charge in [0.25, 0.3) is 0 Å². The SMILES string of the molecule is CCCC(=O)N1CCC(N2CCCC[C@H]2CCOC)CC1. The van der Waals surface area contributed by atoms with Crippen LogP contribution < -0.4 is 0 Å². The molecule has 2 saturated heterocycles. The first-order valence-electron chi connectivity index (χ1n) is 8.78. The van der Waals surface area contributed by atoms with Gasteiger partial charge in [-0.1, -0.05) is 13.3 Å². The fourth-order valence-electron chi connectivity index (χ4n) is 3.89. The minimum atomic E-state index is 0.352. The van der Waals surface area contributed by atoms with E-state index in [-0.39, 0.29) is 0 Å². The highest BCUT2D eigenvalue weighted by Gasteiger charge is 2.31. The van der Waals surface area contributed by atoms with Crippen molar-refractivity contribution in [2.75, 3.05) is 33.4 Å². The van der Waals surface area contributed by atoms with Crippen LogP contribution in [0.15, 0.2) is 0 Å². The molecule has 1 atom stereocenters. The van der Waals surface area contributed by atoms with Crippen molar-refractivity contribution < 1.29 is 9.53 Å². The number of hydrogen-bond acceptors (Lipinski definition) is 3. The van der Waals surface area contributed by atoms with Crippen LogP contribution in [0.2, 0.25) is 0 Å². The van der Waals surface area contributed by atoms with Crippen molar-refractivity contribution in [2.45, 2.75) is 70.4 Å². The van der Waals surface area contributed by atoms with Crippen LogP contribution in [0.4, 0.5) is 0 Å². The Bertz CT molecular complexity index is 314. The van der Waals surface area contributed by atoms with Crippen LogP contribution in [0.5, 0.6) is 0 Å². The van der Waals surface area contributed by atoms with Crippen molar-refractivity contribution in [3.05, 3.63) is 0 Å². The van der Waals surface area contributed by atoms with Crippen molar-refractivity contribution in [3.63, 3.8) is 0 Å². The third-order valence-corrected chi connectivity index (χ3v) is 5.08. The summed E-state index contributed by atoms with van der Waals surface area (Å²) in [7, 11) is 1.80. The van der Waals surface area contributed by atoms with Gasteiger partial charge in [0.05, 0.1) is 0 Å². The molecule has 4 nitrogen and oxygen atoms in total. The van der Waals surface area contributed by atoms with Gasteiger partial charge in [0.1, 0.15) is 0 Å². The third-order valence-electron chi connectivity index (χ3n) is 5.08. The average molecular weight is 296 g/mol. The van der Waals surface area contributed by atoms with Crippen LogP contribution >= 0.6 is 0 Å². The molecule has 4 heteroatoms. The molecular formula is C17H32N2O2. The lowest BCUT2D eigenvalue weighted by Crippen LogP contribution is -2.52. The molecule has 1 amide bonds. The van der Waals surface area contributed by atoms with E-state index in [1.54, 1.807) is 7.11 Å². The molecule has 0 radical (unpaired) electrons. The predicted molar refractivity (Wildman–Crippen MR) is 85.3 cm³/mol. The van der Waals surface area contributed by atoms with Crippen molar-refractivity contribution in [2.24, 2.45) is 0 Å². The normalized spacial score (nSPS) is 25.2. The Balaban J connectivity index is 1.83. The maximum Gasteiger partial charge on any atom is 0.222 e. The topological polar surface area (TPSA) is 32.8 Å². The molecule has 0 saturated carbocycles. The highest BCUT2D eigenvalue weighted by atomic mass is 16.5. The summed E-state index contributed by atoms with van der Waals surface area (Å²) in [6, 6.07) is 1.37. The van der Waals surface area contributed by atoms with Gasteiger partial charge in [0.2, 0.25) is 5.91 Å². The highest BCUT2D eigenvalue weighted by Crippen LogP contribution is 2.27. The molecule has 2 aliphatic rings. The van der Waals surface area contributed by atoms with Crippen LogP contribution in [0.25, 0.3) is 0 Å². The number of methoxy groups -OCH3 is 1. The van der Waals surface area contributed by atoms with E-state index in [1.165, 1.54) is 25.8 Å². The summed E-state index contributed by atoms with van der Waals surface area (Å²) in [5.41, 5.74) is 0. The number of likely N-dealkylation sites (tertiary alicyclic amines) is 2. The third kappa shape index (κ3) is 4.68. The molecule has 0 aliphatic carbocycles. The van der Waals surface area contributed by atoms with Gasteiger partial charge in [-0.15, -0.1) is 0 Å². The van der Waals surface area contributed by atoms with Crippen molar-refractivity contribution in [3.8, 4) is 0 Å². The fourth-order valence-corrected chi connectivity index (χ4v) is 3.89. The minimum Gasteiger partial charge on any atom is -0.385 e. The number of ether oxygens (including phenoxy) is 1. The molecule has 0 aromatic heterocycles. The zero-order valence-electron chi connectivity index (χ0n) is 13.9. The molecular weight excluding hydrogens is 264 g/mol. The zero-order valence-corrected chi connectivity index (χ0v) is 13.9. The van der Waals surface area contributed by atoms with Crippen LogP contribution in [0, 0.1) is 0 Å². The van der Waals surface area contributed by atoms with E-state index in [9.17, 15) is 4.79 Å². The van der Waals surface area contributed by atoms with Gasteiger partial charge in [-0.2, -0.15) is 0 Å². The van der Waals surface area contributed by atoms with Crippen molar-refractivity contribution in [1.29, 1.82) is 0 Å². The lowest BCUT2D eigenvalue weighted by molar-refractivity contribution is -0.133. The molecule has 2 rings (SSSR count). The summed E-state index contributed by atoms with van der Waals surface area (Å²) in [5.74, 6) is 0.352. The summed E-state index contributed by atoms with van der Waals surface area (Å²) >= 11 is 0. The number of rotatable bonds is 6.